The lowest BCUT2D eigenvalue weighted by molar-refractivity contribution is 0.263. The molecule has 0 N–H and O–H groups in total. The largest absolute Gasteiger partial charge is 0.484 e. The topological polar surface area (TPSA) is 48.2 Å². The van der Waals surface area contributed by atoms with E-state index in [2.05, 4.69) is 10.2 Å². The van der Waals surface area contributed by atoms with Crippen LogP contribution in [0.5, 0.6) is 5.75 Å². The van der Waals surface area contributed by atoms with Gasteiger partial charge in [-0.3, -0.25) is 0 Å². The van der Waals surface area contributed by atoms with Gasteiger partial charge in [-0.15, -0.1) is 10.2 Å². The molecule has 106 valence electrons. The maximum Gasteiger partial charge on any atom is 0.254 e. The Hall–Kier alpha value is -2.40. The fourth-order valence-corrected chi connectivity index (χ4v) is 1.97. The second-order valence-electron chi connectivity index (χ2n) is 4.23. The lowest BCUT2D eigenvalue weighted by Crippen LogP contribution is -1.95. The van der Waals surface area contributed by atoms with Crippen molar-refractivity contribution < 1.29 is 13.5 Å². The summed E-state index contributed by atoms with van der Waals surface area (Å²) in [4.78, 5) is 0. The van der Waals surface area contributed by atoms with Crippen LogP contribution in [-0.4, -0.2) is 10.2 Å². The van der Waals surface area contributed by atoms with Gasteiger partial charge in [-0.1, -0.05) is 29.8 Å². The Morgan fingerprint density at radius 1 is 1.10 bits per heavy atom. The molecule has 0 aliphatic carbocycles. The average molecular weight is 305 g/mol. The van der Waals surface area contributed by atoms with Crippen molar-refractivity contribution in [2.24, 2.45) is 0 Å². The molecule has 0 aliphatic rings. The van der Waals surface area contributed by atoms with Crippen molar-refractivity contribution in [2.75, 3.05) is 0 Å². The Bertz CT molecular complexity index is 761. The van der Waals surface area contributed by atoms with E-state index in [1.807, 2.05) is 12.1 Å². The van der Waals surface area contributed by atoms with Crippen molar-refractivity contribution >= 4 is 11.6 Å². The summed E-state index contributed by atoms with van der Waals surface area (Å²) in [5, 5.41) is 8.33. The number of benzene rings is 2. The predicted octanol–water partition coefficient (Wildman–Crippen LogP) is 4.11. The van der Waals surface area contributed by atoms with Gasteiger partial charge in [0, 0.05) is 6.07 Å². The number of aromatic nitrogens is 2. The van der Waals surface area contributed by atoms with E-state index < -0.39 is 0 Å². The van der Waals surface area contributed by atoms with Crippen LogP contribution in [0.2, 0.25) is 5.02 Å². The number of nitrogens with zero attached hydrogens (tertiary/aromatic N) is 2. The van der Waals surface area contributed by atoms with Crippen LogP contribution in [-0.2, 0) is 6.61 Å². The molecular weight excluding hydrogens is 295 g/mol. The first-order chi connectivity index (χ1) is 10.2. The summed E-state index contributed by atoms with van der Waals surface area (Å²) >= 11 is 6.06. The van der Waals surface area contributed by atoms with Crippen molar-refractivity contribution in [3.05, 3.63) is 65.3 Å². The Kier molecular flexibility index (Phi) is 3.83. The fraction of sp³-hybridized carbons (Fsp3) is 0.0667. The number of hydrogen-bond acceptors (Lipinski definition) is 4. The third-order valence-corrected chi connectivity index (χ3v) is 3.06. The van der Waals surface area contributed by atoms with E-state index in [9.17, 15) is 4.39 Å². The Morgan fingerprint density at radius 3 is 2.76 bits per heavy atom. The standard InChI is InChI=1S/C15H10ClFN2O2/c16-13-7-2-1-6-12(13)15-19-18-14(21-15)9-20-11-5-3-4-10(17)8-11/h1-8H,9H2. The second kappa shape index (κ2) is 5.93. The van der Waals surface area contributed by atoms with E-state index >= 15 is 0 Å². The molecule has 1 heterocycles. The van der Waals surface area contributed by atoms with Crippen LogP contribution in [0.3, 0.4) is 0 Å². The van der Waals surface area contributed by atoms with Crippen LogP contribution in [0.1, 0.15) is 5.89 Å². The molecule has 0 saturated heterocycles. The van der Waals surface area contributed by atoms with E-state index in [1.165, 1.54) is 12.1 Å². The summed E-state index contributed by atoms with van der Waals surface area (Å²) in [7, 11) is 0. The highest BCUT2D eigenvalue weighted by Crippen LogP contribution is 2.26. The summed E-state index contributed by atoms with van der Waals surface area (Å²) in [6.45, 7) is 0.0565. The van der Waals surface area contributed by atoms with Gasteiger partial charge in [-0.05, 0) is 24.3 Å². The molecule has 0 amide bonds. The van der Waals surface area contributed by atoms with Crippen LogP contribution in [0, 0.1) is 5.82 Å². The van der Waals surface area contributed by atoms with Crippen LogP contribution in [0.4, 0.5) is 4.39 Å². The van der Waals surface area contributed by atoms with Crippen LogP contribution < -0.4 is 4.74 Å². The molecule has 0 bridgehead atoms. The molecule has 3 aromatic rings. The maximum atomic E-state index is 13.0. The molecular formula is C15H10ClFN2O2. The summed E-state index contributed by atoms with van der Waals surface area (Å²) in [6.07, 6.45) is 0. The van der Waals surface area contributed by atoms with Gasteiger partial charge in [0.1, 0.15) is 11.6 Å². The molecule has 3 rings (SSSR count). The Labute approximate surface area is 125 Å². The summed E-state index contributed by atoms with van der Waals surface area (Å²) in [6, 6.07) is 13.0. The van der Waals surface area contributed by atoms with E-state index in [4.69, 9.17) is 20.8 Å². The summed E-state index contributed by atoms with van der Waals surface area (Å²) in [5.41, 5.74) is 0.656. The molecule has 4 nitrogen and oxygen atoms in total. The normalized spacial score (nSPS) is 10.6. The first kappa shape index (κ1) is 13.6. The monoisotopic (exact) mass is 304 g/mol. The zero-order valence-corrected chi connectivity index (χ0v) is 11.5. The first-order valence-corrected chi connectivity index (χ1v) is 6.56. The highest BCUT2D eigenvalue weighted by atomic mass is 35.5. The van der Waals surface area contributed by atoms with Crippen LogP contribution >= 0.6 is 11.6 Å². The van der Waals surface area contributed by atoms with Gasteiger partial charge in [0.2, 0.25) is 5.89 Å². The molecule has 0 spiro atoms. The van der Waals surface area contributed by atoms with Gasteiger partial charge in [0.25, 0.3) is 5.89 Å². The zero-order chi connectivity index (χ0) is 14.7. The highest BCUT2D eigenvalue weighted by Gasteiger charge is 2.11. The smallest absolute Gasteiger partial charge is 0.254 e. The third-order valence-electron chi connectivity index (χ3n) is 2.73. The molecule has 2 aromatic carbocycles. The molecule has 0 aliphatic heterocycles. The highest BCUT2D eigenvalue weighted by molar-refractivity contribution is 6.33. The van der Waals surface area contributed by atoms with Crippen molar-refractivity contribution in [1.29, 1.82) is 0 Å². The van der Waals surface area contributed by atoms with Crippen molar-refractivity contribution in [3.63, 3.8) is 0 Å². The minimum absolute atomic E-state index is 0.0565. The molecule has 21 heavy (non-hydrogen) atoms. The Balaban J connectivity index is 1.72. The number of halogens is 2. The summed E-state index contributed by atoms with van der Waals surface area (Å²) < 4.78 is 23.9. The van der Waals surface area contributed by atoms with Gasteiger partial charge in [0.05, 0.1) is 10.6 Å². The lowest BCUT2D eigenvalue weighted by Gasteiger charge is -2.02. The van der Waals surface area contributed by atoms with Crippen molar-refractivity contribution in [2.45, 2.75) is 6.61 Å². The molecule has 6 heteroatoms. The van der Waals surface area contributed by atoms with Gasteiger partial charge < -0.3 is 9.15 Å². The van der Waals surface area contributed by atoms with Gasteiger partial charge in [-0.25, -0.2) is 4.39 Å². The van der Waals surface area contributed by atoms with E-state index in [1.54, 1.807) is 24.3 Å². The molecule has 1 aromatic heterocycles. The van der Waals surface area contributed by atoms with Crippen LogP contribution in [0.25, 0.3) is 11.5 Å². The minimum atomic E-state index is -0.366. The molecule has 0 atom stereocenters. The van der Waals surface area contributed by atoms with Gasteiger partial charge >= 0.3 is 0 Å². The maximum absolute atomic E-state index is 13.0. The average Bonchev–Trinajstić information content (AvgIpc) is 2.94. The molecule has 0 unspecified atom stereocenters. The number of hydrogen-bond donors (Lipinski definition) is 0. The molecule has 0 radical (unpaired) electrons. The second-order valence-corrected chi connectivity index (χ2v) is 4.63. The van der Waals surface area contributed by atoms with Crippen molar-refractivity contribution in [1.82, 2.24) is 10.2 Å². The van der Waals surface area contributed by atoms with Crippen molar-refractivity contribution in [3.8, 4) is 17.2 Å². The lowest BCUT2D eigenvalue weighted by atomic mass is 10.2. The number of rotatable bonds is 4. The van der Waals surface area contributed by atoms with E-state index in [0.717, 1.165) is 0 Å². The molecule has 0 saturated carbocycles. The zero-order valence-electron chi connectivity index (χ0n) is 10.8. The fourth-order valence-electron chi connectivity index (χ4n) is 1.76. The van der Waals surface area contributed by atoms with E-state index in [0.29, 0.717) is 22.2 Å². The predicted molar refractivity (Wildman–Crippen MR) is 75.5 cm³/mol. The minimum Gasteiger partial charge on any atom is -0.484 e. The summed E-state index contributed by atoms with van der Waals surface area (Å²) in [5.74, 6) is 0.634. The first-order valence-electron chi connectivity index (χ1n) is 6.18. The van der Waals surface area contributed by atoms with Gasteiger partial charge in [0.15, 0.2) is 6.61 Å². The quantitative estimate of drug-likeness (QED) is 0.728. The van der Waals surface area contributed by atoms with Gasteiger partial charge in [-0.2, -0.15) is 0 Å². The molecule has 0 fully saturated rings. The number of ether oxygens (including phenoxy) is 1. The van der Waals surface area contributed by atoms with Crippen LogP contribution in [0.15, 0.2) is 52.9 Å². The Morgan fingerprint density at radius 2 is 1.95 bits per heavy atom. The van der Waals surface area contributed by atoms with E-state index in [-0.39, 0.29) is 18.3 Å². The third kappa shape index (κ3) is 3.20. The SMILES string of the molecule is Fc1cccc(OCc2nnc(-c3ccccc3Cl)o2)c1.